The smallest absolute Gasteiger partial charge is 0.141 e. The fourth-order valence-corrected chi connectivity index (χ4v) is 2.00. The Balaban J connectivity index is 0.00000144. The Morgan fingerprint density at radius 2 is 2.06 bits per heavy atom. The molecule has 1 aromatic heterocycles. The summed E-state index contributed by atoms with van der Waals surface area (Å²) in [6, 6.07) is 11.7. The van der Waals surface area contributed by atoms with E-state index in [0.717, 1.165) is 16.1 Å². The van der Waals surface area contributed by atoms with Crippen molar-refractivity contribution in [2.75, 3.05) is 0 Å². The summed E-state index contributed by atoms with van der Waals surface area (Å²) in [5.74, 6) is 0.546. The molecular formula is C12H13ClN3S-. The van der Waals surface area contributed by atoms with E-state index < -0.39 is 0 Å². The molecule has 1 heterocycles. The predicted molar refractivity (Wildman–Crippen MR) is 69.0 cm³/mol. The zero-order valence-corrected chi connectivity index (χ0v) is 10.7. The van der Waals surface area contributed by atoms with Crippen molar-refractivity contribution in [1.82, 2.24) is 0 Å². The lowest BCUT2D eigenvalue weighted by Crippen LogP contribution is -3.00. The third-order valence-corrected chi connectivity index (χ3v) is 3.06. The average molecular weight is 267 g/mol. The number of hydrogen-bond acceptors (Lipinski definition) is 3. The second-order valence-electron chi connectivity index (χ2n) is 3.35. The standard InChI is InChI=1S/C12H13N3S.ClH/c13-8-9-3-1-4-10(7-9)15-12(14)11-5-2-6-16-11;/h1-7H,8,13H2,(H2,14,15);1H/p-1. The van der Waals surface area contributed by atoms with Crippen LogP contribution >= 0.6 is 11.3 Å². The number of rotatable bonds is 3. The minimum atomic E-state index is 0. The van der Waals surface area contributed by atoms with Gasteiger partial charge in [0.15, 0.2) is 0 Å². The number of halogens is 1. The molecule has 0 saturated carbocycles. The summed E-state index contributed by atoms with van der Waals surface area (Å²) < 4.78 is 0. The van der Waals surface area contributed by atoms with Crippen LogP contribution in [0.3, 0.4) is 0 Å². The molecule has 0 atom stereocenters. The molecular weight excluding hydrogens is 254 g/mol. The van der Waals surface area contributed by atoms with Crippen molar-refractivity contribution in [1.29, 1.82) is 0 Å². The van der Waals surface area contributed by atoms with E-state index in [2.05, 4.69) is 4.99 Å². The Labute approximate surface area is 111 Å². The zero-order valence-electron chi connectivity index (χ0n) is 9.14. The second kappa shape index (κ2) is 6.39. The van der Waals surface area contributed by atoms with Gasteiger partial charge in [0.1, 0.15) is 5.84 Å². The van der Waals surface area contributed by atoms with Crippen LogP contribution < -0.4 is 23.9 Å². The Morgan fingerprint density at radius 1 is 1.24 bits per heavy atom. The van der Waals surface area contributed by atoms with E-state index in [4.69, 9.17) is 11.5 Å². The van der Waals surface area contributed by atoms with Crippen LogP contribution in [0.15, 0.2) is 46.8 Å². The maximum absolute atomic E-state index is 5.89. The first-order valence-electron chi connectivity index (χ1n) is 4.96. The lowest BCUT2D eigenvalue weighted by Gasteiger charge is -2.00. The van der Waals surface area contributed by atoms with Crippen molar-refractivity contribution in [2.24, 2.45) is 16.5 Å². The molecule has 0 fully saturated rings. The summed E-state index contributed by atoms with van der Waals surface area (Å²) in [6.45, 7) is 0.516. The molecule has 90 valence electrons. The minimum absolute atomic E-state index is 0. The molecule has 0 spiro atoms. The molecule has 0 unspecified atom stereocenters. The number of benzene rings is 1. The fraction of sp³-hybridized carbons (Fsp3) is 0.0833. The number of aliphatic imine (C=N–C) groups is 1. The van der Waals surface area contributed by atoms with Gasteiger partial charge in [-0.25, -0.2) is 4.99 Å². The van der Waals surface area contributed by atoms with Crippen molar-refractivity contribution < 1.29 is 12.4 Å². The van der Waals surface area contributed by atoms with Crippen LogP contribution in [0.1, 0.15) is 10.4 Å². The van der Waals surface area contributed by atoms with Crippen LogP contribution in [0.5, 0.6) is 0 Å². The Morgan fingerprint density at radius 3 is 2.71 bits per heavy atom. The molecule has 17 heavy (non-hydrogen) atoms. The number of nitrogens with two attached hydrogens (primary N) is 2. The summed E-state index contributed by atoms with van der Waals surface area (Å²) in [7, 11) is 0. The van der Waals surface area contributed by atoms with E-state index in [1.165, 1.54) is 0 Å². The molecule has 0 radical (unpaired) electrons. The molecule has 2 rings (SSSR count). The van der Waals surface area contributed by atoms with Crippen molar-refractivity contribution in [3.63, 3.8) is 0 Å². The molecule has 2 aromatic rings. The second-order valence-corrected chi connectivity index (χ2v) is 4.30. The van der Waals surface area contributed by atoms with E-state index >= 15 is 0 Å². The third-order valence-electron chi connectivity index (χ3n) is 2.17. The van der Waals surface area contributed by atoms with Gasteiger partial charge in [0, 0.05) is 6.54 Å². The molecule has 1 aromatic carbocycles. The first kappa shape index (κ1) is 13.7. The predicted octanol–water partition coefficient (Wildman–Crippen LogP) is -0.752. The maximum Gasteiger partial charge on any atom is 0.141 e. The van der Waals surface area contributed by atoms with Gasteiger partial charge in [-0.2, -0.15) is 0 Å². The molecule has 0 aliphatic rings. The van der Waals surface area contributed by atoms with Gasteiger partial charge in [0.25, 0.3) is 0 Å². The summed E-state index contributed by atoms with van der Waals surface area (Å²) in [4.78, 5) is 5.34. The highest BCUT2D eigenvalue weighted by Gasteiger charge is 1.99. The Hall–Kier alpha value is -1.36. The monoisotopic (exact) mass is 266 g/mol. The maximum atomic E-state index is 5.89. The van der Waals surface area contributed by atoms with Gasteiger partial charge in [0.05, 0.1) is 10.6 Å². The highest BCUT2D eigenvalue weighted by Crippen LogP contribution is 2.16. The lowest BCUT2D eigenvalue weighted by molar-refractivity contribution is -0.00000339. The van der Waals surface area contributed by atoms with Crippen LogP contribution in [0, 0.1) is 0 Å². The van der Waals surface area contributed by atoms with Gasteiger partial charge in [-0.15, -0.1) is 11.3 Å². The molecule has 3 nitrogen and oxygen atoms in total. The van der Waals surface area contributed by atoms with E-state index in [0.29, 0.717) is 12.4 Å². The molecule has 5 heteroatoms. The van der Waals surface area contributed by atoms with Crippen LogP contribution in [0.2, 0.25) is 0 Å². The number of thiophene rings is 1. The average Bonchev–Trinajstić information content (AvgIpc) is 2.83. The van der Waals surface area contributed by atoms with Crippen molar-refractivity contribution in [2.45, 2.75) is 6.54 Å². The van der Waals surface area contributed by atoms with Gasteiger partial charge in [0.2, 0.25) is 0 Å². The first-order chi connectivity index (χ1) is 7.79. The van der Waals surface area contributed by atoms with E-state index in [1.807, 2.05) is 41.8 Å². The van der Waals surface area contributed by atoms with Gasteiger partial charge in [-0.3, -0.25) is 0 Å². The van der Waals surface area contributed by atoms with Gasteiger partial charge >= 0.3 is 0 Å². The largest absolute Gasteiger partial charge is 1.00 e. The molecule has 0 bridgehead atoms. The SMILES string of the molecule is NCc1cccc(N=C(N)c2cccs2)c1.[Cl-]. The minimum Gasteiger partial charge on any atom is -1.00 e. The summed E-state index contributed by atoms with van der Waals surface area (Å²) >= 11 is 1.58. The summed E-state index contributed by atoms with van der Waals surface area (Å²) in [6.07, 6.45) is 0. The Kier molecular flexibility index (Phi) is 5.15. The number of hydrogen-bond donors (Lipinski definition) is 2. The third kappa shape index (κ3) is 3.56. The van der Waals surface area contributed by atoms with Crippen LogP contribution in [-0.2, 0) is 6.54 Å². The normalized spacial score (nSPS) is 11.0. The number of nitrogens with zero attached hydrogens (tertiary/aromatic N) is 1. The van der Waals surface area contributed by atoms with Crippen molar-refractivity contribution in [3.05, 3.63) is 52.2 Å². The van der Waals surface area contributed by atoms with E-state index in [9.17, 15) is 0 Å². The molecule has 0 amide bonds. The summed E-state index contributed by atoms with van der Waals surface area (Å²) in [5.41, 5.74) is 13.4. The summed E-state index contributed by atoms with van der Waals surface area (Å²) in [5, 5.41) is 1.98. The van der Waals surface area contributed by atoms with Gasteiger partial charge in [-0.05, 0) is 29.1 Å². The molecule has 0 aliphatic carbocycles. The van der Waals surface area contributed by atoms with E-state index in [1.54, 1.807) is 11.3 Å². The fourth-order valence-electron chi connectivity index (χ4n) is 1.37. The van der Waals surface area contributed by atoms with Crippen LogP contribution in [0.4, 0.5) is 5.69 Å². The molecule has 4 N–H and O–H groups in total. The van der Waals surface area contributed by atoms with Gasteiger partial charge in [-0.1, -0.05) is 18.2 Å². The van der Waals surface area contributed by atoms with Crippen molar-refractivity contribution >= 4 is 22.9 Å². The molecule has 0 aliphatic heterocycles. The van der Waals surface area contributed by atoms with Crippen LogP contribution in [0.25, 0.3) is 0 Å². The topological polar surface area (TPSA) is 64.4 Å². The zero-order chi connectivity index (χ0) is 11.4. The quantitative estimate of drug-likeness (QED) is 0.567. The highest BCUT2D eigenvalue weighted by atomic mass is 35.5. The van der Waals surface area contributed by atoms with Crippen molar-refractivity contribution in [3.8, 4) is 0 Å². The van der Waals surface area contributed by atoms with Gasteiger partial charge < -0.3 is 23.9 Å². The first-order valence-corrected chi connectivity index (χ1v) is 5.84. The van der Waals surface area contributed by atoms with E-state index in [-0.39, 0.29) is 12.4 Å². The molecule has 0 saturated heterocycles. The van der Waals surface area contributed by atoms with Crippen LogP contribution in [-0.4, -0.2) is 5.84 Å². The number of amidine groups is 1. The Bertz CT molecular complexity index is 494. The highest BCUT2D eigenvalue weighted by molar-refractivity contribution is 7.12. The lowest BCUT2D eigenvalue weighted by atomic mass is 10.2.